The van der Waals surface area contributed by atoms with Crippen LogP contribution >= 0.6 is 0 Å². The third-order valence-electron chi connectivity index (χ3n) is 2.34. The van der Waals surface area contributed by atoms with E-state index in [1.165, 1.54) is 0 Å². The molecule has 1 aromatic carbocycles. The molecule has 0 spiro atoms. The molecule has 0 aliphatic carbocycles. The quantitative estimate of drug-likeness (QED) is 0.751. The average molecular weight is 203 g/mol. The highest BCUT2D eigenvalue weighted by atomic mass is 16.5. The van der Waals surface area contributed by atoms with Gasteiger partial charge >= 0.3 is 0 Å². The van der Waals surface area contributed by atoms with Crippen molar-refractivity contribution < 1.29 is 9.26 Å². The summed E-state index contributed by atoms with van der Waals surface area (Å²) in [6.45, 7) is 3.89. The Morgan fingerprint density at radius 3 is 2.87 bits per heavy atom. The first-order valence-electron chi connectivity index (χ1n) is 4.83. The van der Waals surface area contributed by atoms with Gasteiger partial charge in [-0.25, -0.2) is 0 Å². The number of allylic oxidation sites excluding steroid dienone is 1. The van der Waals surface area contributed by atoms with E-state index < -0.39 is 0 Å². The van der Waals surface area contributed by atoms with E-state index in [2.05, 4.69) is 5.16 Å². The van der Waals surface area contributed by atoms with Crippen molar-refractivity contribution in [2.45, 2.75) is 13.8 Å². The topological polar surface area (TPSA) is 35.3 Å². The summed E-state index contributed by atoms with van der Waals surface area (Å²) in [4.78, 5) is 0. The molecule has 3 nitrogen and oxygen atoms in total. The van der Waals surface area contributed by atoms with Crippen LogP contribution in [0.4, 0.5) is 0 Å². The fraction of sp³-hybridized carbons (Fsp3) is 0.250. The second kappa shape index (κ2) is 3.77. The summed E-state index contributed by atoms with van der Waals surface area (Å²) in [7, 11) is 1.66. The molecule has 0 aliphatic heterocycles. The highest BCUT2D eigenvalue weighted by molar-refractivity contribution is 5.88. The first kappa shape index (κ1) is 9.77. The summed E-state index contributed by atoms with van der Waals surface area (Å²) in [5.41, 5.74) is 2.69. The molecule has 0 bridgehead atoms. The molecule has 2 rings (SSSR count). The van der Waals surface area contributed by atoms with E-state index >= 15 is 0 Å². The largest absolute Gasteiger partial charge is 0.497 e. The van der Waals surface area contributed by atoms with Gasteiger partial charge in [-0.05, 0) is 26.0 Å². The zero-order chi connectivity index (χ0) is 10.8. The van der Waals surface area contributed by atoms with Crippen LogP contribution in [0, 0.1) is 6.92 Å². The first-order chi connectivity index (χ1) is 7.26. The third-order valence-corrected chi connectivity index (χ3v) is 2.34. The lowest BCUT2D eigenvalue weighted by Gasteiger charge is -2.01. The molecule has 1 aromatic heterocycles. The van der Waals surface area contributed by atoms with Crippen molar-refractivity contribution in [1.29, 1.82) is 0 Å². The van der Waals surface area contributed by atoms with Crippen LogP contribution in [0.1, 0.15) is 18.2 Å². The van der Waals surface area contributed by atoms with Gasteiger partial charge in [0.1, 0.15) is 5.75 Å². The summed E-state index contributed by atoms with van der Waals surface area (Å²) in [6.07, 6.45) is 3.95. The number of hydrogen-bond donors (Lipinski definition) is 0. The lowest BCUT2D eigenvalue weighted by molar-refractivity contribution is 0.414. The maximum Gasteiger partial charge on any atom is 0.174 e. The zero-order valence-corrected chi connectivity index (χ0v) is 9.07. The predicted octanol–water partition coefficient (Wildman–Crippen LogP) is 3.18. The molecule has 0 unspecified atom stereocenters. The van der Waals surface area contributed by atoms with Crippen LogP contribution in [-0.2, 0) is 0 Å². The molecule has 0 amide bonds. The Kier molecular flexibility index (Phi) is 2.46. The number of methoxy groups -OCH3 is 1. The molecule has 0 atom stereocenters. The van der Waals surface area contributed by atoms with Gasteiger partial charge in [0, 0.05) is 10.9 Å². The molecule has 0 N–H and O–H groups in total. The lowest BCUT2D eigenvalue weighted by atomic mass is 10.1. The van der Waals surface area contributed by atoms with Gasteiger partial charge in [-0.3, -0.25) is 0 Å². The highest BCUT2D eigenvalue weighted by Gasteiger charge is 2.09. The van der Waals surface area contributed by atoms with Gasteiger partial charge in [0.05, 0.1) is 12.8 Å². The van der Waals surface area contributed by atoms with E-state index in [4.69, 9.17) is 9.26 Å². The molecule has 3 heteroatoms. The Bertz CT molecular complexity index is 512. The van der Waals surface area contributed by atoms with Crippen LogP contribution in [0.2, 0.25) is 0 Å². The number of benzene rings is 1. The van der Waals surface area contributed by atoms with Crippen LogP contribution < -0.4 is 4.74 Å². The number of aryl methyl sites for hydroxylation is 1. The second-order valence-electron chi connectivity index (χ2n) is 3.36. The van der Waals surface area contributed by atoms with Gasteiger partial charge in [0.2, 0.25) is 0 Å². The number of ether oxygens (including phenoxy) is 1. The van der Waals surface area contributed by atoms with Gasteiger partial charge in [-0.15, -0.1) is 0 Å². The van der Waals surface area contributed by atoms with Gasteiger partial charge in [-0.2, -0.15) is 0 Å². The van der Waals surface area contributed by atoms with Crippen molar-refractivity contribution in [2.75, 3.05) is 7.11 Å². The van der Waals surface area contributed by atoms with E-state index in [0.717, 1.165) is 28.0 Å². The van der Waals surface area contributed by atoms with Crippen molar-refractivity contribution in [3.8, 4) is 5.75 Å². The smallest absolute Gasteiger partial charge is 0.174 e. The van der Waals surface area contributed by atoms with E-state index in [1.54, 1.807) is 7.11 Å². The van der Waals surface area contributed by atoms with E-state index in [1.807, 2.05) is 38.1 Å². The third kappa shape index (κ3) is 1.61. The molecular formula is C12H13NO2. The van der Waals surface area contributed by atoms with Crippen molar-refractivity contribution in [2.24, 2.45) is 0 Å². The SMILES string of the molecule is CC=Cc1cc(OC)cc2c(C)noc12. The van der Waals surface area contributed by atoms with Crippen LogP contribution in [0.3, 0.4) is 0 Å². The summed E-state index contributed by atoms with van der Waals surface area (Å²) in [5, 5.41) is 4.95. The first-order valence-corrected chi connectivity index (χ1v) is 4.83. The normalized spacial score (nSPS) is 11.4. The van der Waals surface area contributed by atoms with E-state index in [0.29, 0.717) is 0 Å². The predicted molar refractivity (Wildman–Crippen MR) is 60.0 cm³/mol. The van der Waals surface area contributed by atoms with Crippen molar-refractivity contribution in [3.63, 3.8) is 0 Å². The van der Waals surface area contributed by atoms with Crippen LogP contribution in [0.25, 0.3) is 17.0 Å². The van der Waals surface area contributed by atoms with Gasteiger partial charge in [-0.1, -0.05) is 17.3 Å². The Balaban J connectivity index is 2.76. The van der Waals surface area contributed by atoms with Crippen molar-refractivity contribution in [3.05, 3.63) is 29.5 Å². The molecule has 0 saturated carbocycles. The summed E-state index contributed by atoms with van der Waals surface area (Å²) < 4.78 is 10.5. The number of aromatic nitrogens is 1. The standard InChI is InChI=1S/C12H13NO2/c1-4-5-9-6-10(14-3)7-11-8(2)13-15-12(9)11/h4-7H,1-3H3. The number of hydrogen-bond acceptors (Lipinski definition) is 3. The molecule has 0 aliphatic rings. The summed E-state index contributed by atoms with van der Waals surface area (Å²) >= 11 is 0. The Labute approximate surface area is 88.3 Å². The maximum atomic E-state index is 5.28. The number of nitrogens with zero attached hydrogens (tertiary/aromatic N) is 1. The van der Waals surface area contributed by atoms with Crippen molar-refractivity contribution in [1.82, 2.24) is 5.16 Å². The highest BCUT2D eigenvalue weighted by Crippen LogP contribution is 2.28. The van der Waals surface area contributed by atoms with Gasteiger partial charge < -0.3 is 9.26 Å². The lowest BCUT2D eigenvalue weighted by Crippen LogP contribution is -1.84. The monoisotopic (exact) mass is 203 g/mol. The molecule has 0 saturated heterocycles. The molecule has 0 radical (unpaired) electrons. The van der Waals surface area contributed by atoms with Crippen LogP contribution in [0.5, 0.6) is 5.75 Å². The summed E-state index contributed by atoms with van der Waals surface area (Å²) in [5.74, 6) is 0.821. The Hall–Kier alpha value is -1.77. The van der Waals surface area contributed by atoms with Crippen LogP contribution in [-0.4, -0.2) is 12.3 Å². The van der Waals surface area contributed by atoms with Gasteiger partial charge in [0.15, 0.2) is 5.58 Å². The molecule has 0 fully saturated rings. The zero-order valence-electron chi connectivity index (χ0n) is 9.07. The molecule has 1 heterocycles. The molecule has 15 heavy (non-hydrogen) atoms. The number of fused-ring (bicyclic) bond motifs is 1. The summed E-state index contributed by atoms with van der Waals surface area (Å²) in [6, 6.07) is 3.88. The fourth-order valence-corrected chi connectivity index (χ4v) is 1.58. The number of rotatable bonds is 2. The Morgan fingerprint density at radius 2 is 2.20 bits per heavy atom. The minimum absolute atomic E-state index is 0.811. The van der Waals surface area contributed by atoms with Crippen molar-refractivity contribution >= 4 is 17.0 Å². The molecule has 78 valence electrons. The molecule has 2 aromatic rings. The van der Waals surface area contributed by atoms with Crippen LogP contribution in [0.15, 0.2) is 22.7 Å². The van der Waals surface area contributed by atoms with E-state index in [-0.39, 0.29) is 0 Å². The minimum Gasteiger partial charge on any atom is -0.497 e. The molecular weight excluding hydrogens is 190 g/mol. The van der Waals surface area contributed by atoms with Gasteiger partial charge in [0.25, 0.3) is 0 Å². The average Bonchev–Trinajstić information content (AvgIpc) is 2.61. The minimum atomic E-state index is 0.811. The fourth-order valence-electron chi connectivity index (χ4n) is 1.58. The van der Waals surface area contributed by atoms with E-state index in [9.17, 15) is 0 Å². The second-order valence-corrected chi connectivity index (χ2v) is 3.36. The maximum absolute atomic E-state index is 5.28. The Morgan fingerprint density at radius 1 is 1.40 bits per heavy atom.